The third-order valence-corrected chi connectivity index (χ3v) is 4.52. The van der Waals surface area contributed by atoms with Gasteiger partial charge in [-0.2, -0.15) is 0 Å². The summed E-state index contributed by atoms with van der Waals surface area (Å²) in [5.41, 5.74) is 6.28. The Morgan fingerprint density at radius 2 is 1.82 bits per heavy atom. The second-order valence-corrected chi connectivity index (χ2v) is 7.90. The van der Waals surface area contributed by atoms with E-state index in [1.54, 1.807) is 23.1 Å². The molecule has 8 heteroatoms. The molecule has 0 aromatic heterocycles. The number of benzene rings is 1. The number of carbonyl (C=O) groups is 3. The predicted octanol–water partition coefficient (Wildman–Crippen LogP) is 2.05. The number of likely N-dealkylation sites (N-methyl/N-ethyl adjacent to an activating group) is 2. The number of carbonyl (C=O) groups excluding carboxylic acids is 3. The van der Waals surface area contributed by atoms with Crippen LogP contribution in [-0.2, 0) is 4.74 Å². The molecule has 3 amide bonds. The van der Waals surface area contributed by atoms with Crippen molar-refractivity contribution in [1.82, 2.24) is 14.7 Å². The Kier molecular flexibility index (Phi) is 6.66. The monoisotopic (exact) mass is 390 g/mol. The number of imide groups is 1. The van der Waals surface area contributed by atoms with Crippen LogP contribution in [0.5, 0.6) is 0 Å². The highest BCUT2D eigenvalue weighted by molar-refractivity contribution is 6.23. The predicted molar refractivity (Wildman–Crippen MR) is 107 cm³/mol. The first-order valence-corrected chi connectivity index (χ1v) is 9.46. The zero-order chi connectivity index (χ0) is 21.1. The summed E-state index contributed by atoms with van der Waals surface area (Å²) < 4.78 is 5.40. The van der Waals surface area contributed by atoms with Gasteiger partial charge in [0.15, 0.2) is 0 Å². The number of hydrogen-bond acceptors (Lipinski definition) is 6. The summed E-state index contributed by atoms with van der Waals surface area (Å²) in [6.07, 6.45) is -0.348. The Bertz CT molecular complexity index is 757. The van der Waals surface area contributed by atoms with E-state index in [9.17, 15) is 14.4 Å². The molecule has 1 aliphatic rings. The van der Waals surface area contributed by atoms with Crippen molar-refractivity contribution < 1.29 is 19.1 Å². The first kappa shape index (κ1) is 21.7. The molecular formula is C20H30N4O4. The van der Waals surface area contributed by atoms with Crippen LogP contribution in [0.4, 0.5) is 10.5 Å². The molecule has 0 bridgehead atoms. The molecule has 1 aromatic carbocycles. The zero-order valence-electron chi connectivity index (χ0n) is 17.3. The highest BCUT2D eigenvalue weighted by atomic mass is 16.6. The Labute approximate surface area is 166 Å². The molecule has 0 spiro atoms. The van der Waals surface area contributed by atoms with Crippen LogP contribution in [0.1, 0.15) is 48.4 Å². The second-order valence-electron chi connectivity index (χ2n) is 7.90. The summed E-state index contributed by atoms with van der Waals surface area (Å²) >= 11 is 0. The van der Waals surface area contributed by atoms with Gasteiger partial charge in [-0.3, -0.25) is 14.5 Å². The van der Waals surface area contributed by atoms with E-state index in [2.05, 4.69) is 0 Å². The lowest BCUT2D eigenvalue weighted by Crippen LogP contribution is -2.42. The fourth-order valence-electron chi connectivity index (χ4n) is 2.94. The van der Waals surface area contributed by atoms with Crippen LogP contribution in [-0.4, -0.2) is 78.0 Å². The number of nitrogens with zero attached hydrogens (tertiary/aromatic N) is 3. The van der Waals surface area contributed by atoms with Gasteiger partial charge in [0.05, 0.1) is 11.1 Å². The fraction of sp³-hybridized carbons (Fsp3) is 0.550. The van der Waals surface area contributed by atoms with Crippen LogP contribution in [0.25, 0.3) is 0 Å². The Hall–Kier alpha value is -2.61. The summed E-state index contributed by atoms with van der Waals surface area (Å²) in [6, 6.07) is 4.91. The maximum Gasteiger partial charge on any atom is 0.410 e. The van der Waals surface area contributed by atoms with Crippen LogP contribution in [0.3, 0.4) is 0 Å². The van der Waals surface area contributed by atoms with Crippen LogP contribution in [0.2, 0.25) is 0 Å². The third-order valence-electron chi connectivity index (χ3n) is 4.52. The van der Waals surface area contributed by atoms with Crippen LogP contribution in [0.15, 0.2) is 18.2 Å². The molecular weight excluding hydrogens is 360 g/mol. The van der Waals surface area contributed by atoms with Gasteiger partial charge in [-0.25, -0.2) is 4.79 Å². The summed E-state index contributed by atoms with van der Waals surface area (Å²) in [4.78, 5) is 42.0. The lowest BCUT2D eigenvalue weighted by atomic mass is 10.1. The highest BCUT2D eigenvalue weighted by Crippen LogP contribution is 2.27. The van der Waals surface area contributed by atoms with E-state index in [-0.39, 0.29) is 30.0 Å². The molecule has 1 aromatic rings. The van der Waals surface area contributed by atoms with Crippen molar-refractivity contribution >= 4 is 23.6 Å². The molecule has 8 nitrogen and oxygen atoms in total. The van der Waals surface area contributed by atoms with Crippen molar-refractivity contribution in [2.75, 3.05) is 45.5 Å². The maximum absolute atomic E-state index is 12.5. The summed E-state index contributed by atoms with van der Waals surface area (Å²) in [7, 11) is 1.88. The molecule has 0 unspecified atom stereocenters. The molecule has 1 aliphatic heterocycles. The lowest BCUT2D eigenvalue weighted by Gasteiger charge is -2.28. The number of fused-ring (bicyclic) bond motifs is 1. The number of rotatable bonds is 7. The summed E-state index contributed by atoms with van der Waals surface area (Å²) in [5, 5.41) is 0. The Morgan fingerprint density at radius 1 is 1.14 bits per heavy atom. The van der Waals surface area contributed by atoms with Gasteiger partial charge >= 0.3 is 6.09 Å². The summed E-state index contributed by atoms with van der Waals surface area (Å²) in [6.45, 7) is 9.79. The smallest absolute Gasteiger partial charge is 0.410 e. The fourth-order valence-corrected chi connectivity index (χ4v) is 2.94. The number of ether oxygens (including phenoxy) is 1. The van der Waals surface area contributed by atoms with Crippen molar-refractivity contribution in [3.63, 3.8) is 0 Å². The van der Waals surface area contributed by atoms with Gasteiger partial charge in [-0.1, -0.05) is 6.07 Å². The second kappa shape index (κ2) is 8.60. The normalized spacial score (nSPS) is 13.9. The number of nitrogen functional groups attached to an aromatic ring is 1. The molecule has 2 rings (SSSR count). The van der Waals surface area contributed by atoms with Crippen molar-refractivity contribution in [2.24, 2.45) is 0 Å². The molecule has 154 valence electrons. The van der Waals surface area contributed by atoms with E-state index < -0.39 is 5.60 Å². The summed E-state index contributed by atoms with van der Waals surface area (Å²) in [5.74, 6) is -0.667. The molecule has 2 N–H and O–H groups in total. The molecule has 0 saturated heterocycles. The Morgan fingerprint density at radius 3 is 2.39 bits per heavy atom. The third kappa shape index (κ3) is 5.01. The van der Waals surface area contributed by atoms with E-state index >= 15 is 0 Å². The van der Waals surface area contributed by atoms with Gasteiger partial charge in [0, 0.05) is 38.4 Å². The maximum atomic E-state index is 12.5. The Balaban J connectivity index is 1.87. The van der Waals surface area contributed by atoms with E-state index in [0.29, 0.717) is 37.4 Å². The molecule has 0 fully saturated rings. The number of hydrogen-bond donors (Lipinski definition) is 1. The average molecular weight is 390 g/mol. The van der Waals surface area contributed by atoms with Gasteiger partial charge in [0.2, 0.25) is 0 Å². The van der Waals surface area contributed by atoms with Crippen LogP contribution in [0, 0.1) is 0 Å². The average Bonchev–Trinajstić information content (AvgIpc) is 2.84. The largest absolute Gasteiger partial charge is 0.444 e. The minimum atomic E-state index is -0.538. The van der Waals surface area contributed by atoms with E-state index in [4.69, 9.17) is 10.5 Å². The van der Waals surface area contributed by atoms with Crippen LogP contribution >= 0.6 is 0 Å². The molecule has 0 saturated carbocycles. The van der Waals surface area contributed by atoms with Gasteiger partial charge in [0.25, 0.3) is 11.8 Å². The molecule has 0 radical (unpaired) electrons. The van der Waals surface area contributed by atoms with E-state index in [0.717, 1.165) is 0 Å². The standard InChI is InChI=1S/C20H30N4O4/c1-6-23(19(27)28-20(2,3)4)12-10-22(5)11-13-24-17(25)14-8-7-9-15(21)16(14)18(24)26/h7-9H,6,10-13,21H2,1-5H3. The van der Waals surface area contributed by atoms with Gasteiger partial charge in [0.1, 0.15) is 5.60 Å². The van der Waals surface area contributed by atoms with Crippen molar-refractivity contribution in [3.8, 4) is 0 Å². The number of anilines is 1. The van der Waals surface area contributed by atoms with Crippen molar-refractivity contribution in [2.45, 2.75) is 33.3 Å². The molecule has 28 heavy (non-hydrogen) atoms. The van der Waals surface area contributed by atoms with Crippen LogP contribution < -0.4 is 5.73 Å². The minimum Gasteiger partial charge on any atom is -0.444 e. The molecule has 0 atom stereocenters. The van der Waals surface area contributed by atoms with Gasteiger partial charge < -0.3 is 20.3 Å². The molecule has 0 aliphatic carbocycles. The quantitative estimate of drug-likeness (QED) is 0.565. The topological polar surface area (TPSA) is 96.2 Å². The van der Waals surface area contributed by atoms with Gasteiger partial charge in [-0.15, -0.1) is 0 Å². The van der Waals surface area contributed by atoms with Crippen molar-refractivity contribution in [1.29, 1.82) is 0 Å². The first-order chi connectivity index (χ1) is 13.0. The minimum absolute atomic E-state index is 0.265. The molecule has 1 heterocycles. The van der Waals surface area contributed by atoms with Crippen molar-refractivity contribution in [3.05, 3.63) is 29.3 Å². The number of amides is 3. The first-order valence-electron chi connectivity index (χ1n) is 9.46. The van der Waals surface area contributed by atoms with E-state index in [1.807, 2.05) is 39.6 Å². The zero-order valence-corrected chi connectivity index (χ0v) is 17.3. The lowest BCUT2D eigenvalue weighted by molar-refractivity contribution is 0.0247. The highest BCUT2D eigenvalue weighted by Gasteiger charge is 2.36. The van der Waals surface area contributed by atoms with E-state index in [1.165, 1.54) is 4.90 Å². The van der Waals surface area contributed by atoms with Gasteiger partial charge in [-0.05, 0) is 46.9 Å². The number of nitrogens with two attached hydrogens (primary N) is 1. The SMILES string of the molecule is CCN(CCN(C)CCN1C(=O)c2cccc(N)c2C1=O)C(=O)OC(C)(C)C.